The van der Waals surface area contributed by atoms with E-state index in [1.807, 2.05) is 6.07 Å². The van der Waals surface area contributed by atoms with Gasteiger partial charge < -0.3 is 0 Å². The van der Waals surface area contributed by atoms with Crippen molar-refractivity contribution in [1.29, 1.82) is 5.26 Å². The van der Waals surface area contributed by atoms with E-state index in [-0.39, 0.29) is 0 Å². The summed E-state index contributed by atoms with van der Waals surface area (Å²) in [5, 5.41) is 22.3. The standard InChI is InChI=1S/C4H5N5S/c1-4(10-3-2-5)6-8-9-7-4/h3H2,1H3. The third-order valence-electron chi connectivity index (χ3n) is 0.911. The fourth-order valence-electron chi connectivity index (χ4n) is 0.453. The van der Waals surface area contributed by atoms with Crippen molar-refractivity contribution in [2.24, 2.45) is 20.7 Å². The quantitative estimate of drug-likeness (QED) is 0.609. The van der Waals surface area contributed by atoms with E-state index in [2.05, 4.69) is 20.7 Å². The van der Waals surface area contributed by atoms with Crippen molar-refractivity contribution in [3.05, 3.63) is 0 Å². The Balaban J connectivity index is 2.47. The second-order valence-corrected chi connectivity index (χ2v) is 3.11. The van der Waals surface area contributed by atoms with Gasteiger partial charge >= 0.3 is 0 Å². The topological polar surface area (TPSA) is 73.2 Å². The fourth-order valence-corrected chi connectivity index (χ4v) is 0.979. The average molecular weight is 155 g/mol. The summed E-state index contributed by atoms with van der Waals surface area (Å²) >= 11 is 1.30. The third kappa shape index (κ3) is 1.51. The van der Waals surface area contributed by atoms with Crippen molar-refractivity contribution in [3.63, 3.8) is 0 Å². The van der Waals surface area contributed by atoms with Crippen LogP contribution in [0, 0.1) is 11.3 Å². The highest BCUT2D eigenvalue weighted by atomic mass is 32.2. The average Bonchev–Trinajstić information content (AvgIpc) is 2.33. The summed E-state index contributed by atoms with van der Waals surface area (Å²) in [4.78, 5) is -0.643. The zero-order valence-corrected chi connectivity index (χ0v) is 6.17. The van der Waals surface area contributed by atoms with Gasteiger partial charge in [-0.05, 0) is 17.4 Å². The molecule has 0 aromatic carbocycles. The number of nitriles is 1. The predicted molar refractivity (Wildman–Crippen MR) is 36.2 cm³/mol. The lowest BCUT2D eigenvalue weighted by atomic mass is 10.6. The molecule has 0 N–H and O–H groups in total. The Kier molecular flexibility index (Phi) is 1.97. The van der Waals surface area contributed by atoms with Gasteiger partial charge in [0, 0.05) is 0 Å². The lowest BCUT2D eigenvalue weighted by Gasteiger charge is -2.08. The Bertz CT molecular complexity index is 202. The molecule has 0 saturated carbocycles. The van der Waals surface area contributed by atoms with Crippen LogP contribution >= 0.6 is 11.8 Å². The summed E-state index contributed by atoms with van der Waals surface area (Å²) in [6.07, 6.45) is 0. The summed E-state index contributed by atoms with van der Waals surface area (Å²) in [5.41, 5.74) is 0. The van der Waals surface area contributed by atoms with Gasteiger partial charge in [-0.25, -0.2) is 0 Å². The van der Waals surface area contributed by atoms with Gasteiger partial charge in [0.2, 0.25) is 4.99 Å². The summed E-state index contributed by atoms with van der Waals surface area (Å²) in [5.74, 6) is 0.356. The van der Waals surface area contributed by atoms with Crippen LogP contribution in [0.1, 0.15) is 6.92 Å². The first-order valence-corrected chi connectivity index (χ1v) is 3.60. The van der Waals surface area contributed by atoms with Gasteiger partial charge in [0.15, 0.2) is 0 Å². The molecule has 6 heteroatoms. The molecule has 1 aliphatic rings. The number of nitrogens with zero attached hydrogens (tertiary/aromatic N) is 5. The molecule has 0 radical (unpaired) electrons. The smallest absolute Gasteiger partial charge is 0.197 e. The Hall–Kier alpha value is -0.960. The first-order valence-electron chi connectivity index (χ1n) is 2.62. The van der Waals surface area contributed by atoms with Crippen LogP contribution < -0.4 is 0 Å². The lowest BCUT2D eigenvalue weighted by molar-refractivity contribution is 0.711. The van der Waals surface area contributed by atoms with Crippen molar-refractivity contribution in [2.75, 3.05) is 5.75 Å². The fraction of sp³-hybridized carbons (Fsp3) is 0.750. The summed E-state index contributed by atoms with van der Waals surface area (Å²) in [6.45, 7) is 1.76. The zero-order valence-electron chi connectivity index (χ0n) is 5.35. The SMILES string of the molecule is CC1(SCC#N)N=NN=N1. The third-order valence-corrected chi connectivity index (χ3v) is 1.89. The van der Waals surface area contributed by atoms with Crippen LogP contribution in [0.5, 0.6) is 0 Å². The molecule has 0 saturated heterocycles. The molecule has 0 aromatic heterocycles. The van der Waals surface area contributed by atoms with Crippen LogP contribution in [0.4, 0.5) is 0 Å². The van der Waals surface area contributed by atoms with E-state index in [0.717, 1.165) is 0 Å². The van der Waals surface area contributed by atoms with Crippen molar-refractivity contribution in [2.45, 2.75) is 11.9 Å². The zero-order chi connectivity index (χ0) is 7.45. The minimum atomic E-state index is -0.643. The predicted octanol–water partition coefficient (Wildman–Crippen LogP) is 1.75. The van der Waals surface area contributed by atoms with Crippen LogP contribution in [-0.4, -0.2) is 10.7 Å². The van der Waals surface area contributed by atoms with Crippen molar-refractivity contribution >= 4 is 11.8 Å². The van der Waals surface area contributed by atoms with Gasteiger partial charge in [-0.3, -0.25) is 0 Å². The van der Waals surface area contributed by atoms with Gasteiger partial charge in [-0.1, -0.05) is 11.8 Å². The summed E-state index contributed by atoms with van der Waals surface area (Å²) in [7, 11) is 0. The first kappa shape index (κ1) is 7.15. The van der Waals surface area contributed by atoms with Crippen LogP contribution in [0.15, 0.2) is 20.7 Å². The molecule has 5 nitrogen and oxygen atoms in total. The van der Waals surface area contributed by atoms with Gasteiger partial charge in [0.05, 0.1) is 11.8 Å². The molecule has 1 heterocycles. The second-order valence-electron chi connectivity index (χ2n) is 1.76. The molecule has 0 atom stereocenters. The maximum atomic E-state index is 8.23. The Morgan fingerprint density at radius 1 is 1.50 bits per heavy atom. The molecule has 0 unspecified atom stereocenters. The number of rotatable bonds is 2. The van der Waals surface area contributed by atoms with E-state index in [1.165, 1.54) is 11.8 Å². The minimum absolute atomic E-state index is 0.356. The molecule has 0 aliphatic carbocycles. The first-order chi connectivity index (χ1) is 4.77. The molecule has 1 aliphatic heterocycles. The summed E-state index contributed by atoms with van der Waals surface area (Å²) < 4.78 is 0. The van der Waals surface area contributed by atoms with Crippen LogP contribution in [0.25, 0.3) is 0 Å². The molecular formula is C4H5N5S. The molecule has 52 valence electrons. The summed E-state index contributed by atoms with van der Waals surface area (Å²) in [6, 6.07) is 1.98. The Morgan fingerprint density at radius 3 is 2.60 bits per heavy atom. The second kappa shape index (κ2) is 2.75. The van der Waals surface area contributed by atoms with Crippen molar-refractivity contribution < 1.29 is 0 Å². The Labute approximate surface area is 62.2 Å². The normalized spacial score (nSPS) is 19.2. The van der Waals surface area contributed by atoms with Crippen LogP contribution in [-0.2, 0) is 0 Å². The molecule has 0 aromatic rings. The van der Waals surface area contributed by atoms with Gasteiger partial charge in [0.1, 0.15) is 0 Å². The molecular weight excluding hydrogens is 150 g/mol. The van der Waals surface area contributed by atoms with E-state index in [1.54, 1.807) is 6.92 Å². The number of thioether (sulfide) groups is 1. The Morgan fingerprint density at radius 2 is 2.10 bits per heavy atom. The molecule has 10 heavy (non-hydrogen) atoms. The number of hydrogen-bond donors (Lipinski definition) is 0. The van der Waals surface area contributed by atoms with E-state index >= 15 is 0 Å². The molecule has 0 fully saturated rings. The maximum Gasteiger partial charge on any atom is 0.238 e. The highest BCUT2D eigenvalue weighted by molar-refractivity contribution is 8.00. The van der Waals surface area contributed by atoms with Crippen LogP contribution in [0.2, 0.25) is 0 Å². The molecule has 0 amide bonds. The van der Waals surface area contributed by atoms with E-state index < -0.39 is 4.99 Å². The molecule has 0 spiro atoms. The van der Waals surface area contributed by atoms with E-state index in [0.29, 0.717) is 5.75 Å². The van der Waals surface area contributed by atoms with E-state index in [4.69, 9.17) is 5.26 Å². The monoisotopic (exact) mass is 155 g/mol. The highest BCUT2D eigenvalue weighted by Gasteiger charge is 2.26. The van der Waals surface area contributed by atoms with Crippen molar-refractivity contribution in [1.82, 2.24) is 0 Å². The largest absolute Gasteiger partial charge is 0.238 e. The van der Waals surface area contributed by atoms with E-state index in [9.17, 15) is 0 Å². The molecule has 0 bridgehead atoms. The van der Waals surface area contributed by atoms with Gasteiger partial charge in [0.25, 0.3) is 0 Å². The van der Waals surface area contributed by atoms with Crippen LogP contribution in [0.3, 0.4) is 0 Å². The minimum Gasteiger partial charge on any atom is -0.197 e. The van der Waals surface area contributed by atoms with Gasteiger partial charge in [-0.2, -0.15) is 5.26 Å². The highest BCUT2D eigenvalue weighted by Crippen LogP contribution is 2.31. The maximum absolute atomic E-state index is 8.23. The van der Waals surface area contributed by atoms with Crippen molar-refractivity contribution in [3.8, 4) is 6.07 Å². The molecule has 1 rings (SSSR count). The lowest BCUT2D eigenvalue weighted by Crippen LogP contribution is -2.09. The van der Waals surface area contributed by atoms with Gasteiger partial charge in [-0.15, -0.1) is 10.2 Å². The number of hydrogen-bond acceptors (Lipinski definition) is 6.